The van der Waals surface area contributed by atoms with Gasteiger partial charge in [-0.25, -0.2) is 4.99 Å². The van der Waals surface area contributed by atoms with Crippen molar-refractivity contribution in [3.8, 4) is 0 Å². The van der Waals surface area contributed by atoms with E-state index in [0.717, 1.165) is 35.7 Å². The number of aliphatic imine (C=N–C) groups is 1. The third-order valence-electron chi connectivity index (χ3n) is 5.46. The van der Waals surface area contributed by atoms with Crippen LogP contribution in [0.2, 0.25) is 10.0 Å². The summed E-state index contributed by atoms with van der Waals surface area (Å²) in [6.07, 6.45) is 6.36. The fourth-order valence-electron chi connectivity index (χ4n) is 3.91. The molecule has 1 heterocycles. The Kier molecular flexibility index (Phi) is 6.33. The molecule has 2 aliphatic rings. The normalized spacial score (nSPS) is 25.2. The second kappa shape index (κ2) is 8.95. The largest absolute Gasteiger partial charge is 0.283 e. The van der Waals surface area contributed by atoms with Crippen LogP contribution in [0.25, 0.3) is 6.08 Å². The summed E-state index contributed by atoms with van der Waals surface area (Å²) < 4.78 is 0. The lowest BCUT2D eigenvalue weighted by Crippen LogP contribution is -2.44. The Morgan fingerprint density at radius 3 is 2.59 bits per heavy atom. The second-order valence-corrected chi connectivity index (χ2v) is 9.36. The van der Waals surface area contributed by atoms with Crippen molar-refractivity contribution in [1.29, 1.82) is 0 Å². The van der Waals surface area contributed by atoms with Gasteiger partial charge in [0, 0.05) is 16.1 Å². The van der Waals surface area contributed by atoms with E-state index in [1.165, 1.54) is 18.2 Å². The quantitative estimate of drug-likeness (QED) is 0.469. The fourth-order valence-corrected chi connectivity index (χ4v) is 5.41. The molecule has 2 aromatic carbocycles. The van der Waals surface area contributed by atoms with Crippen molar-refractivity contribution in [1.82, 2.24) is 4.90 Å². The zero-order valence-corrected chi connectivity index (χ0v) is 18.5. The molecule has 0 bridgehead atoms. The average Bonchev–Trinajstić information content (AvgIpc) is 3.00. The first kappa shape index (κ1) is 20.5. The van der Waals surface area contributed by atoms with Crippen LogP contribution in [0.3, 0.4) is 0 Å². The molecule has 6 heteroatoms. The van der Waals surface area contributed by atoms with Gasteiger partial charge in [0.2, 0.25) is 0 Å². The monoisotopic (exact) mass is 444 g/mol. The van der Waals surface area contributed by atoms with Crippen molar-refractivity contribution >= 4 is 57.8 Å². The molecule has 2 atom stereocenters. The predicted molar refractivity (Wildman–Crippen MR) is 124 cm³/mol. The van der Waals surface area contributed by atoms with Gasteiger partial charge in [0.15, 0.2) is 5.17 Å². The number of carbonyl (C=O) groups excluding carboxylic acids is 1. The number of nitrogens with zero attached hydrogens (tertiary/aromatic N) is 2. The molecule has 29 heavy (non-hydrogen) atoms. The van der Waals surface area contributed by atoms with Crippen molar-refractivity contribution < 1.29 is 4.79 Å². The minimum absolute atomic E-state index is 0.00875. The van der Waals surface area contributed by atoms with E-state index in [1.807, 2.05) is 47.4 Å². The van der Waals surface area contributed by atoms with E-state index in [0.29, 0.717) is 20.9 Å². The lowest BCUT2D eigenvalue weighted by atomic mass is 9.85. The maximum Gasteiger partial charge on any atom is 0.267 e. The summed E-state index contributed by atoms with van der Waals surface area (Å²) in [5, 5.41) is 1.85. The van der Waals surface area contributed by atoms with Gasteiger partial charge in [0.25, 0.3) is 5.91 Å². The number of thioether (sulfide) groups is 1. The van der Waals surface area contributed by atoms with Gasteiger partial charge in [-0.2, -0.15) is 0 Å². The number of para-hydroxylation sites is 1. The number of rotatable bonds is 3. The van der Waals surface area contributed by atoms with E-state index in [2.05, 4.69) is 6.92 Å². The number of carbonyl (C=O) groups is 1. The molecule has 0 N–H and O–H groups in total. The Bertz CT molecular complexity index is 974. The van der Waals surface area contributed by atoms with Crippen molar-refractivity contribution in [2.75, 3.05) is 0 Å². The van der Waals surface area contributed by atoms with Crippen molar-refractivity contribution in [3.63, 3.8) is 0 Å². The van der Waals surface area contributed by atoms with E-state index >= 15 is 0 Å². The summed E-state index contributed by atoms with van der Waals surface area (Å²) in [7, 11) is 0. The Hall–Kier alpha value is -1.75. The first-order valence-corrected chi connectivity index (χ1v) is 11.4. The summed E-state index contributed by atoms with van der Waals surface area (Å²) in [5.74, 6) is 0.460. The van der Waals surface area contributed by atoms with Crippen molar-refractivity contribution in [3.05, 3.63) is 69.0 Å². The van der Waals surface area contributed by atoms with Gasteiger partial charge in [0.1, 0.15) is 0 Å². The van der Waals surface area contributed by atoms with E-state index in [1.54, 1.807) is 12.1 Å². The standard InChI is InChI=1S/C23H22Cl2N2OS/c1-15-7-5-6-10-20(15)27-22(28)21(13-16-11-12-17(24)14-19(16)25)29-23(27)26-18-8-3-2-4-9-18/h2-4,8-9,11-15,20H,5-7,10H2,1H3/b21-13-,26-23?/t15-,20-/m1/s1. The van der Waals surface area contributed by atoms with Gasteiger partial charge in [-0.3, -0.25) is 9.69 Å². The van der Waals surface area contributed by atoms with Crippen LogP contribution in [0.5, 0.6) is 0 Å². The molecule has 0 radical (unpaired) electrons. The number of benzene rings is 2. The zero-order chi connectivity index (χ0) is 20.4. The minimum Gasteiger partial charge on any atom is -0.283 e. The van der Waals surface area contributed by atoms with E-state index in [9.17, 15) is 4.79 Å². The van der Waals surface area contributed by atoms with Crippen LogP contribution in [0.4, 0.5) is 5.69 Å². The number of hydrogen-bond donors (Lipinski definition) is 0. The molecule has 1 aliphatic carbocycles. The molecular weight excluding hydrogens is 423 g/mol. The Labute approximate surface area is 185 Å². The number of hydrogen-bond acceptors (Lipinski definition) is 3. The summed E-state index contributed by atoms with van der Waals surface area (Å²) in [6, 6.07) is 15.3. The third-order valence-corrected chi connectivity index (χ3v) is 7.01. The fraction of sp³-hybridized carbons (Fsp3) is 0.304. The van der Waals surface area contributed by atoms with Gasteiger partial charge >= 0.3 is 0 Å². The van der Waals surface area contributed by atoms with Crippen LogP contribution in [-0.2, 0) is 4.79 Å². The highest BCUT2D eigenvalue weighted by Gasteiger charge is 2.41. The smallest absolute Gasteiger partial charge is 0.267 e. The van der Waals surface area contributed by atoms with Gasteiger partial charge in [-0.1, -0.05) is 67.2 Å². The molecule has 3 nitrogen and oxygen atoms in total. The van der Waals surface area contributed by atoms with Gasteiger partial charge in [-0.15, -0.1) is 0 Å². The minimum atomic E-state index is 0.00875. The molecule has 2 fully saturated rings. The van der Waals surface area contributed by atoms with Gasteiger partial charge in [-0.05, 0) is 66.4 Å². The molecular formula is C23H22Cl2N2OS. The summed E-state index contributed by atoms with van der Waals surface area (Å²) in [5.41, 5.74) is 1.63. The molecule has 4 rings (SSSR count). The number of amides is 1. The topological polar surface area (TPSA) is 32.7 Å². The van der Waals surface area contributed by atoms with Crippen LogP contribution in [-0.4, -0.2) is 22.0 Å². The van der Waals surface area contributed by atoms with E-state index in [-0.39, 0.29) is 11.9 Å². The molecule has 0 spiro atoms. The number of amidine groups is 1. The summed E-state index contributed by atoms with van der Waals surface area (Å²) in [6.45, 7) is 2.24. The molecule has 1 aliphatic heterocycles. The van der Waals surface area contributed by atoms with Gasteiger partial charge in [0.05, 0.1) is 10.6 Å². The average molecular weight is 445 g/mol. The molecule has 0 aromatic heterocycles. The molecule has 1 saturated heterocycles. The number of halogens is 2. The van der Waals surface area contributed by atoms with Crippen LogP contribution < -0.4 is 0 Å². The molecule has 0 unspecified atom stereocenters. The van der Waals surface area contributed by atoms with Crippen LogP contribution >= 0.6 is 35.0 Å². The molecule has 150 valence electrons. The molecule has 1 saturated carbocycles. The Balaban J connectivity index is 1.73. The third kappa shape index (κ3) is 4.55. The summed E-state index contributed by atoms with van der Waals surface area (Å²) >= 11 is 13.8. The van der Waals surface area contributed by atoms with Crippen LogP contribution in [0, 0.1) is 5.92 Å². The Morgan fingerprint density at radius 2 is 1.86 bits per heavy atom. The second-order valence-electron chi connectivity index (χ2n) is 7.51. The first-order valence-electron chi connectivity index (χ1n) is 9.85. The maximum absolute atomic E-state index is 13.4. The zero-order valence-electron chi connectivity index (χ0n) is 16.1. The molecule has 1 amide bonds. The lowest BCUT2D eigenvalue weighted by molar-refractivity contribution is -0.124. The summed E-state index contributed by atoms with van der Waals surface area (Å²) in [4.78, 5) is 20.8. The molecule has 2 aromatic rings. The van der Waals surface area contributed by atoms with Crippen molar-refractivity contribution in [2.45, 2.75) is 38.6 Å². The van der Waals surface area contributed by atoms with E-state index in [4.69, 9.17) is 28.2 Å². The highest BCUT2D eigenvalue weighted by molar-refractivity contribution is 8.18. The maximum atomic E-state index is 13.4. The highest BCUT2D eigenvalue weighted by Crippen LogP contribution is 2.40. The highest BCUT2D eigenvalue weighted by atomic mass is 35.5. The first-order chi connectivity index (χ1) is 14.0. The van der Waals surface area contributed by atoms with Crippen molar-refractivity contribution in [2.24, 2.45) is 10.9 Å². The van der Waals surface area contributed by atoms with Gasteiger partial charge < -0.3 is 0 Å². The van der Waals surface area contributed by atoms with E-state index < -0.39 is 0 Å². The SMILES string of the molecule is C[C@@H]1CCCC[C@H]1N1C(=O)/C(=C/c2ccc(Cl)cc2Cl)SC1=Nc1ccccc1. The predicted octanol–water partition coefficient (Wildman–Crippen LogP) is 7.18. The Morgan fingerprint density at radius 1 is 1.10 bits per heavy atom. The van der Waals surface area contributed by atoms with Crippen LogP contribution in [0.1, 0.15) is 38.2 Å². The lowest BCUT2D eigenvalue weighted by Gasteiger charge is -2.35. The van der Waals surface area contributed by atoms with Crippen LogP contribution in [0.15, 0.2) is 58.4 Å².